The first kappa shape index (κ1) is 15.4. The lowest BCUT2D eigenvalue weighted by Gasteiger charge is -2.13. The van der Waals surface area contributed by atoms with Crippen LogP contribution in [0.2, 0.25) is 0 Å². The Hall–Kier alpha value is -3.67. The van der Waals surface area contributed by atoms with Crippen LogP contribution in [0.5, 0.6) is 0 Å². The zero-order chi connectivity index (χ0) is 22.6. The van der Waals surface area contributed by atoms with Crippen LogP contribution in [0.25, 0.3) is 0 Å². The van der Waals surface area contributed by atoms with Gasteiger partial charge in [-0.1, -0.05) is 0 Å². The third kappa shape index (κ3) is 4.35. The number of carbonyl (C=O) groups excluding carboxylic acids is 1. The van der Waals surface area contributed by atoms with Gasteiger partial charge in [0.15, 0.2) is 27.2 Å². The van der Waals surface area contributed by atoms with Crippen LogP contribution in [-0.2, 0) is 9.84 Å². The third-order valence-electron chi connectivity index (χ3n) is 3.37. The summed E-state index contributed by atoms with van der Waals surface area (Å²) in [7, 11) is -3.66. The van der Waals surface area contributed by atoms with Crippen LogP contribution in [0.15, 0.2) is 47.6 Å². The van der Waals surface area contributed by atoms with E-state index >= 15 is 0 Å². The van der Waals surface area contributed by atoms with Gasteiger partial charge in [0.1, 0.15) is 10.7 Å². The summed E-state index contributed by atoms with van der Waals surface area (Å²) in [6, 6.07) is 7.34. The Bertz CT molecular complexity index is 1210. The molecule has 0 aliphatic heterocycles. The minimum atomic E-state index is -3.66. The van der Waals surface area contributed by atoms with Crippen LogP contribution < -0.4 is 16.0 Å². The maximum Gasteiger partial charge on any atom is 0.273 e. The molecule has 0 atom stereocenters. The van der Waals surface area contributed by atoms with E-state index in [1.165, 1.54) is 30.6 Å². The molecule has 28 heavy (non-hydrogen) atoms. The molecular weight excluding hydrogens is 384 g/mol. The van der Waals surface area contributed by atoms with Crippen molar-refractivity contribution in [3.05, 3.63) is 48.4 Å². The summed E-state index contributed by atoms with van der Waals surface area (Å²) in [4.78, 5) is 16.3. The highest BCUT2D eigenvalue weighted by Crippen LogP contribution is 2.26. The molecule has 0 fully saturated rings. The second kappa shape index (κ2) is 7.92. The summed E-state index contributed by atoms with van der Waals surface area (Å²) in [5.74, 6) is -0.661. The van der Waals surface area contributed by atoms with E-state index in [0.717, 1.165) is 6.26 Å². The molecule has 3 N–H and O–H groups in total. The van der Waals surface area contributed by atoms with Gasteiger partial charge in [-0.2, -0.15) is 5.10 Å². The second-order valence-electron chi connectivity index (χ2n) is 5.43. The third-order valence-corrected chi connectivity index (χ3v) is 4.50. The number of sulfone groups is 1. The zero-order valence-electron chi connectivity index (χ0n) is 17.4. The molecule has 3 aromatic heterocycles. The number of hydrogen-bond acceptors (Lipinski definition) is 10. The molecule has 0 aliphatic carbocycles. The number of nitrogens with one attached hydrogen (secondary N) is 3. The number of aromatic nitrogens is 5. The average molecular weight is 403 g/mol. The molecule has 3 rings (SSSR count). The predicted molar refractivity (Wildman–Crippen MR) is 101 cm³/mol. The van der Waals surface area contributed by atoms with E-state index in [9.17, 15) is 13.2 Å². The summed E-state index contributed by atoms with van der Waals surface area (Å²) in [5.41, 5.74) is -0.419. The summed E-state index contributed by atoms with van der Waals surface area (Å²) >= 11 is 0. The predicted octanol–water partition coefficient (Wildman–Crippen LogP) is 0.912. The van der Waals surface area contributed by atoms with Crippen molar-refractivity contribution in [2.75, 3.05) is 23.9 Å². The molecule has 0 aliphatic rings. The smallest absolute Gasteiger partial charge is 0.273 e. The van der Waals surface area contributed by atoms with Gasteiger partial charge in [-0.15, -0.1) is 15.3 Å². The summed E-state index contributed by atoms with van der Waals surface area (Å²) in [6.07, 6.45) is 3.83. The van der Waals surface area contributed by atoms with E-state index in [4.69, 9.17) is 4.11 Å². The van der Waals surface area contributed by atoms with Gasteiger partial charge in [0.25, 0.3) is 5.91 Å². The van der Waals surface area contributed by atoms with E-state index in [0.29, 0.717) is 5.82 Å². The van der Waals surface area contributed by atoms with Crippen LogP contribution in [0.4, 0.5) is 23.1 Å². The minimum Gasteiger partial charge on any atom is -0.354 e. The van der Waals surface area contributed by atoms with E-state index in [-0.39, 0.29) is 27.9 Å². The highest BCUT2D eigenvalue weighted by molar-refractivity contribution is 7.90. The molecule has 11 nitrogen and oxygen atoms in total. The van der Waals surface area contributed by atoms with Gasteiger partial charge in [0.05, 0.1) is 5.69 Å². The van der Waals surface area contributed by atoms with Gasteiger partial charge >= 0.3 is 0 Å². The number of hydrogen-bond donors (Lipinski definition) is 3. The SMILES string of the molecule is [2H]C([2H])([2H])NC(=O)c1nnc(Nc2cccnn2)cc1Nc1ncccc1S(C)(=O)=O. The first-order chi connectivity index (χ1) is 14.5. The van der Waals surface area contributed by atoms with E-state index in [1.54, 1.807) is 12.1 Å². The topological polar surface area (TPSA) is 152 Å². The standard InChI is InChI=1S/C16H16N8O3S/c1-17-16(25)14-10(20-15-11(28(2,26)27)5-3-7-18-15)9-13(23-24-14)21-12-6-4-8-19-22-12/h3-9H,1-2H3,(H,17,25)(H2,18,20,21,22,23)/i1D3. The summed E-state index contributed by atoms with van der Waals surface area (Å²) < 4.78 is 45.8. The number of nitrogens with zero attached hydrogens (tertiary/aromatic N) is 5. The van der Waals surface area contributed by atoms with Crippen LogP contribution >= 0.6 is 0 Å². The highest BCUT2D eigenvalue weighted by Gasteiger charge is 2.19. The Morgan fingerprint density at radius 1 is 1.07 bits per heavy atom. The molecule has 3 heterocycles. The van der Waals surface area contributed by atoms with Crippen molar-refractivity contribution in [2.45, 2.75) is 4.90 Å². The molecule has 0 saturated heterocycles. The van der Waals surface area contributed by atoms with E-state index < -0.39 is 22.7 Å². The number of pyridine rings is 1. The Morgan fingerprint density at radius 3 is 2.61 bits per heavy atom. The van der Waals surface area contributed by atoms with Crippen molar-refractivity contribution in [1.82, 2.24) is 30.7 Å². The van der Waals surface area contributed by atoms with E-state index in [1.807, 2.05) is 5.32 Å². The fourth-order valence-corrected chi connectivity index (χ4v) is 2.97. The lowest BCUT2D eigenvalue weighted by molar-refractivity contribution is 0.0958. The normalized spacial score (nSPS) is 13.0. The number of anilines is 4. The summed E-state index contributed by atoms with van der Waals surface area (Å²) in [6.45, 7) is -2.77. The Morgan fingerprint density at radius 2 is 1.89 bits per heavy atom. The Balaban J connectivity index is 2.04. The Kier molecular flexibility index (Phi) is 4.35. The number of rotatable bonds is 6. The fourth-order valence-electron chi connectivity index (χ4n) is 2.19. The zero-order valence-corrected chi connectivity index (χ0v) is 15.2. The number of amides is 1. The van der Waals surface area contributed by atoms with Crippen molar-refractivity contribution >= 4 is 38.9 Å². The quantitative estimate of drug-likeness (QED) is 0.541. The second-order valence-corrected chi connectivity index (χ2v) is 7.41. The molecule has 0 spiro atoms. The maximum atomic E-state index is 12.4. The molecule has 0 aromatic carbocycles. The van der Waals surface area contributed by atoms with Crippen molar-refractivity contribution in [1.29, 1.82) is 0 Å². The maximum absolute atomic E-state index is 12.4. The first-order valence-corrected chi connectivity index (χ1v) is 9.59. The van der Waals surface area contributed by atoms with Gasteiger partial charge in [-0.3, -0.25) is 4.79 Å². The highest BCUT2D eigenvalue weighted by atomic mass is 32.2. The molecule has 12 heteroatoms. The largest absolute Gasteiger partial charge is 0.354 e. The molecule has 0 saturated carbocycles. The van der Waals surface area contributed by atoms with Gasteiger partial charge in [-0.05, 0) is 24.3 Å². The monoisotopic (exact) mass is 403 g/mol. The van der Waals surface area contributed by atoms with Crippen LogP contribution in [0, 0.1) is 0 Å². The molecule has 3 aromatic rings. The fraction of sp³-hybridized carbons (Fsp3) is 0.125. The molecule has 0 radical (unpaired) electrons. The lowest BCUT2D eigenvalue weighted by Crippen LogP contribution is -2.22. The van der Waals surface area contributed by atoms with Gasteiger partial charge < -0.3 is 16.0 Å². The van der Waals surface area contributed by atoms with Crippen molar-refractivity contribution < 1.29 is 17.3 Å². The van der Waals surface area contributed by atoms with Gasteiger partial charge in [-0.25, -0.2) is 13.4 Å². The molecular formula is C16H16N8O3S. The van der Waals surface area contributed by atoms with E-state index in [2.05, 4.69) is 36.0 Å². The molecule has 0 bridgehead atoms. The molecule has 144 valence electrons. The first-order valence-electron chi connectivity index (χ1n) is 9.20. The van der Waals surface area contributed by atoms with Gasteiger partial charge in [0.2, 0.25) is 0 Å². The molecule has 1 amide bonds. The van der Waals surface area contributed by atoms with Crippen molar-refractivity contribution in [3.8, 4) is 0 Å². The average Bonchev–Trinajstić information content (AvgIpc) is 2.67. The van der Waals surface area contributed by atoms with Gasteiger partial charge in [0, 0.05) is 35.8 Å². The van der Waals surface area contributed by atoms with Crippen LogP contribution in [0.3, 0.4) is 0 Å². The number of carbonyl (C=O) groups is 1. The minimum absolute atomic E-state index is 0.0354. The van der Waals surface area contributed by atoms with Crippen molar-refractivity contribution in [2.24, 2.45) is 0 Å². The van der Waals surface area contributed by atoms with Crippen LogP contribution in [0.1, 0.15) is 14.6 Å². The Labute approximate surface area is 164 Å². The lowest BCUT2D eigenvalue weighted by atomic mass is 10.3. The van der Waals surface area contributed by atoms with Crippen molar-refractivity contribution in [3.63, 3.8) is 0 Å². The molecule has 0 unspecified atom stereocenters. The van der Waals surface area contributed by atoms with Crippen LogP contribution in [-0.4, -0.2) is 52.9 Å². The summed E-state index contributed by atoms with van der Waals surface area (Å²) in [5, 5.41) is 22.6.